The molecule has 2 fully saturated rings. The molecule has 2 unspecified atom stereocenters. The molecule has 0 saturated carbocycles. The summed E-state index contributed by atoms with van der Waals surface area (Å²) < 4.78 is 11.5. The Morgan fingerprint density at radius 2 is 2.33 bits per heavy atom. The molecule has 0 spiro atoms. The van der Waals surface area contributed by atoms with E-state index in [-0.39, 0.29) is 12.0 Å². The Labute approximate surface area is 144 Å². The Morgan fingerprint density at radius 3 is 3.08 bits per heavy atom. The van der Waals surface area contributed by atoms with Crippen molar-refractivity contribution in [2.24, 2.45) is 5.92 Å². The lowest BCUT2D eigenvalue weighted by molar-refractivity contribution is -0.116. The van der Waals surface area contributed by atoms with Crippen LogP contribution in [0.2, 0.25) is 0 Å². The quantitative estimate of drug-likeness (QED) is 0.806. The number of benzene rings is 1. The van der Waals surface area contributed by atoms with Gasteiger partial charge in [-0.25, -0.2) is 0 Å². The molecule has 0 aliphatic carbocycles. The van der Waals surface area contributed by atoms with E-state index in [0.29, 0.717) is 18.9 Å². The van der Waals surface area contributed by atoms with E-state index in [2.05, 4.69) is 10.6 Å². The van der Waals surface area contributed by atoms with E-state index < -0.39 is 0 Å². The number of ether oxygens (including phenoxy) is 2. The summed E-state index contributed by atoms with van der Waals surface area (Å²) in [7, 11) is 0. The monoisotopic (exact) mass is 332 g/mol. The van der Waals surface area contributed by atoms with E-state index in [1.54, 1.807) is 0 Å². The number of carbonyl (C=O) groups is 1. The topological polar surface area (TPSA) is 59.6 Å². The van der Waals surface area contributed by atoms with Crippen LogP contribution in [-0.2, 0) is 9.53 Å². The summed E-state index contributed by atoms with van der Waals surface area (Å²) >= 11 is 0. The minimum atomic E-state index is 0.0627. The zero-order chi connectivity index (χ0) is 16.8. The van der Waals surface area contributed by atoms with Crippen LogP contribution < -0.4 is 15.4 Å². The lowest BCUT2D eigenvalue weighted by Crippen LogP contribution is -2.18. The molecule has 5 heteroatoms. The number of hydrogen-bond acceptors (Lipinski definition) is 4. The van der Waals surface area contributed by atoms with Crippen LogP contribution in [0.5, 0.6) is 5.75 Å². The molecule has 2 aliphatic rings. The highest BCUT2D eigenvalue weighted by atomic mass is 16.5. The second-order valence-electron chi connectivity index (χ2n) is 6.89. The molecule has 0 bridgehead atoms. The van der Waals surface area contributed by atoms with Crippen LogP contribution in [0.3, 0.4) is 0 Å². The van der Waals surface area contributed by atoms with Gasteiger partial charge in [0.25, 0.3) is 0 Å². The zero-order valence-corrected chi connectivity index (χ0v) is 14.5. The lowest BCUT2D eigenvalue weighted by atomic mass is 10.0. The van der Waals surface area contributed by atoms with Crippen LogP contribution in [0.15, 0.2) is 18.2 Å². The Balaban J connectivity index is 1.53. The molecule has 5 nitrogen and oxygen atoms in total. The minimum Gasteiger partial charge on any atom is -0.489 e. The molecule has 2 saturated heterocycles. The molecule has 2 N–H and O–H groups in total. The summed E-state index contributed by atoms with van der Waals surface area (Å²) in [5.41, 5.74) is 1.88. The summed E-state index contributed by atoms with van der Waals surface area (Å²) in [6.45, 7) is 5.50. The average molecular weight is 332 g/mol. The molecule has 0 aromatic heterocycles. The number of nitrogens with one attached hydrogen (secondary N) is 2. The maximum Gasteiger partial charge on any atom is 0.224 e. The maximum atomic E-state index is 12.3. The maximum absolute atomic E-state index is 12.3. The van der Waals surface area contributed by atoms with Crippen LogP contribution >= 0.6 is 0 Å². The molecule has 1 aromatic rings. The highest BCUT2D eigenvalue weighted by Crippen LogP contribution is 2.27. The second-order valence-corrected chi connectivity index (χ2v) is 6.89. The lowest BCUT2D eigenvalue weighted by Gasteiger charge is -2.16. The fourth-order valence-electron chi connectivity index (χ4n) is 3.32. The van der Waals surface area contributed by atoms with Crippen molar-refractivity contribution in [1.82, 2.24) is 5.32 Å². The Bertz CT molecular complexity index is 550. The molecule has 0 radical (unpaired) electrons. The molecule has 2 aliphatic heterocycles. The first-order valence-corrected chi connectivity index (χ1v) is 9.06. The molecule has 2 heterocycles. The van der Waals surface area contributed by atoms with E-state index in [1.165, 1.54) is 6.42 Å². The Hall–Kier alpha value is -1.59. The molecule has 3 rings (SSSR count). The van der Waals surface area contributed by atoms with Gasteiger partial charge in [-0.1, -0.05) is 6.07 Å². The first-order chi connectivity index (χ1) is 11.7. The first-order valence-electron chi connectivity index (χ1n) is 9.06. The fraction of sp³-hybridized carbons (Fsp3) is 0.632. The third-order valence-electron chi connectivity index (χ3n) is 4.80. The van der Waals surface area contributed by atoms with Gasteiger partial charge in [0.1, 0.15) is 12.4 Å². The number of aryl methyl sites for hydroxylation is 1. The molecule has 1 amide bonds. The number of carbonyl (C=O) groups excluding carboxylic acids is 1. The molecular formula is C19H28N2O3. The summed E-state index contributed by atoms with van der Waals surface area (Å²) in [4.78, 5) is 12.3. The van der Waals surface area contributed by atoms with Gasteiger partial charge in [-0.05, 0) is 69.3 Å². The van der Waals surface area contributed by atoms with Crippen molar-refractivity contribution < 1.29 is 14.3 Å². The highest BCUT2D eigenvalue weighted by Gasteiger charge is 2.18. The van der Waals surface area contributed by atoms with Gasteiger partial charge in [0.15, 0.2) is 0 Å². The van der Waals surface area contributed by atoms with Gasteiger partial charge in [-0.2, -0.15) is 0 Å². The summed E-state index contributed by atoms with van der Waals surface area (Å²) in [6.07, 6.45) is 4.99. The third-order valence-corrected chi connectivity index (χ3v) is 4.80. The Kier molecular flexibility index (Phi) is 6.10. The molecule has 1 aromatic carbocycles. The summed E-state index contributed by atoms with van der Waals surface area (Å²) in [6, 6.07) is 5.90. The number of amides is 1. The van der Waals surface area contributed by atoms with Crippen molar-refractivity contribution in [2.75, 3.05) is 31.6 Å². The number of anilines is 1. The van der Waals surface area contributed by atoms with E-state index in [1.807, 2.05) is 25.1 Å². The van der Waals surface area contributed by atoms with Gasteiger partial charge < -0.3 is 20.1 Å². The van der Waals surface area contributed by atoms with Crippen LogP contribution in [-0.4, -0.2) is 38.3 Å². The SMILES string of the molecule is Cc1ccc(NC(=O)CCC2CCNC2)c(OCC2CCCO2)c1. The summed E-state index contributed by atoms with van der Waals surface area (Å²) in [5, 5.41) is 6.35. The average Bonchev–Trinajstić information content (AvgIpc) is 3.26. The standard InChI is InChI=1S/C19H28N2O3/c1-14-4-6-17(18(11-14)24-13-16-3-2-10-23-16)21-19(22)7-5-15-8-9-20-12-15/h4,6,11,15-16,20H,2-3,5,7-10,12-13H2,1H3,(H,21,22). The van der Waals surface area contributed by atoms with Gasteiger partial charge in [-0.3, -0.25) is 4.79 Å². The second kappa shape index (κ2) is 8.49. The number of rotatable bonds is 7. The largest absolute Gasteiger partial charge is 0.489 e. The van der Waals surface area contributed by atoms with Crippen LogP contribution in [0, 0.1) is 12.8 Å². The number of hydrogen-bond donors (Lipinski definition) is 2. The van der Waals surface area contributed by atoms with Crippen molar-refractivity contribution >= 4 is 11.6 Å². The van der Waals surface area contributed by atoms with Crippen molar-refractivity contribution in [1.29, 1.82) is 0 Å². The van der Waals surface area contributed by atoms with Gasteiger partial charge in [0, 0.05) is 13.0 Å². The van der Waals surface area contributed by atoms with Crippen LogP contribution in [0.1, 0.15) is 37.7 Å². The van der Waals surface area contributed by atoms with Crippen molar-refractivity contribution in [3.63, 3.8) is 0 Å². The molecule has 2 atom stereocenters. The van der Waals surface area contributed by atoms with E-state index in [0.717, 1.165) is 56.0 Å². The molecule has 132 valence electrons. The third kappa shape index (κ3) is 4.95. The zero-order valence-electron chi connectivity index (χ0n) is 14.5. The van der Waals surface area contributed by atoms with E-state index in [9.17, 15) is 4.79 Å². The normalized spacial score (nSPS) is 23.4. The fourth-order valence-corrected chi connectivity index (χ4v) is 3.32. The first kappa shape index (κ1) is 17.2. The molecule has 24 heavy (non-hydrogen) atoms. The van der Waals surface area contributed by atoms with Crippen molar-refractivity contribution in [2.45, 2.75) is 45.1 Å². The van der Waals surface area contributed by atoms with Crippen LogP contribution in [0.25, 0.3) is 0 Å². The van der Waals surface area contributed by atoms with Crippen molar-refractivity contribution in [3.05, 3.63) is 23.8 Å². The Morgan fingerprint density at radius 1 is 1.42 bits per heavy atom. The predicted molar refractivity (Wildman–Crippen MR) is 94.5 cm³/mol. The predicted octanol–water partition coefficient (Wildman–Crippen LogP) is 2.88. The van der Waals surface area contributed by atoms with Gasteiger partial charge in [-0.15, -0.1) is 0 Å². The van der Waals surface area contributed by atoms with Gasteiger partial charge in [0.2, 0.25) is 5.91 Å². The van der Waals surface area contributed by atoms with E-state index in [4.69, 9.17) is 9.47 Å². The highest BCUT2D eigenvalue weighted by molar-refractivity contribution is 5.92. The van der Waals surface area contributed by atoms with Gasteiger partial charge in [0.05, 0.1) is 11.8 Å². The smallest absolute Gasteiger partial charge is 0.224 e. The van der Waals surface area contributed by atoms with Crippen molar-refractivity contribution in [3.8, 4) is 5.75 Å². The minimum absolute atomic E-state index is 0.0627. The summed E-state index contributed by atoms with van der Waals surface area (Å²) in [5.74, 6) is 1.43. The molecular weight excluding hydrogens is 304 g/mol. The van der Waals surface area contributed by atoms with Crippen LogP contribution in [0.4, 0.5) is 5.69 Å². The van der Waals surface area contributed by atoms with E-state index >= 15 is 0 Å². The van der Waals surface area contributed by atoms with Gasteiger partial charge >= 0.3 is 0 Å².